The molecule has 0 fully saturated rings. The van der Waals surface area contributed by atoms with Gasteiger partial charge >= 0.3 is 0 Å². The molecule has 1 heterocycles. The maximum atomic E-state index is 4.40. The molecule has 4 heteroatoms. The number of nitrogens with zero attached hydrogens (tertiary/aromatic N) is 2. The van der Waals surface area contributed by atoms with Crippen LogP contribution in [0.1, 0.15) is 11.1 Å². The Labute approximate surface area is 132 Å². The third-order valence-corrected chi connectivity index (χ3v) is 4.20. The van der Waals surface area contributed by atoms with Crippen molar-refractivity contribution in [2.75, 3.05) is 5.32 Å². The first kappa shape index (κ1) is 13.9. The van der Waals surface area contributed by atoms with Gasteiger partial charge in [0.1, 0.15) is 0 Å². The van der Waals surface area contributed by atoms with Gasteiger partial charge in [-0.2, -0.15) is 5.10 Å². The SMILES string of the molecule is Cc1cc(NCc2cnn(-c3ccccc3)c2)ccc1Br. The van der Waals surface area contributed by atoms with E-state index >= 15 is 0 Å². The molecule has 0 amide bonds. The summed E-state index contributed by atoms with van der Waals surface area (Å²) in [5.41, 5.74) is 4.56. The zero-order valence-electron chi connectivity index (χ0n) is 11.8. The fraction of sp³-hybridized carbons (Fsp3) is 0.118. The highest BCUT2D eigenvalue weighted by Gasteiger charge is 2.01. The number of benzene rings is 2. The van der Waals surface area contributed by atoms with E-state index in [1.807, 2.05) is 47.4 Å². The van der Waals surface area contributed by atoms with Crippen LogP contribution < -0.4 is 5.32 Å². The van der Waals surface area contributed by atoms with Gasteiger partial charge in [0.05, 0.1) is 11.9 Å². The molecule has 3 aromatic rings. The molecule has 0 spiro atoms. The molecule has 0 radical (unpaired) electrons. The third-order valence-electron chi connectivity index (χ3n) is 3.31. The number of halogens is 1. The zero-order chi connectivity index (χ0) is 14.7. The molecule has 1 aromatic heterocycles. The molecule has 3 rings (SSSR count). The summed E-state index contributed by atoms with van der Waals surface area (Å²) in [6, 6.07) is 16.4. The van der Waals surface area contributed by atoms with E-state index in [-0.39, 0.29) is 0 Å². The van der Waals surface area contributed by atoms with E-state index in [9.17, 15) is 0 Å². The van der Waals surface area contributed by atoms with E-state index < -0.39 is 0 Å². The van der Waals surface area contributed by atoms with Crippen LogP contribution in [0.4, 0.5) is 5.69 Å². The van der Waals surface area contributed by atoms with Crippen molar-refractivity contribution in [3.8, 4) is 5.69 Å². The standard InChI is InChI=1S/C17H16BrN3/c1-13-9-15(7-8-17(13)18)19-10-14-11-20-21(12-14)16-5-3-2-4-6-16/h2-9,11-12,19H,10H2,1H3. The first-order chi connectivity index (χ1) is 10.2. The predicted octanol–water partition coefficient (Wildman–Crippen LogP) is 4.56. The highest BCUT2D eigenvalue weighted by atomic mass is 79.9. The van der Waals surface area contributed by atoms with Crippen molar-refractivity contribution in [2.24, 2.45) is 0 Å². The summed E-state index contributed by atoms with van der Waals surface area (Å²) < 4.78 is 3.02. The Balaban J connectivity index is 1.69. The Morgan fingerprint density at radius 2 is 1.95 bits per heavy atom. The molecule has 21 heavy (non-hydrogen) atoms. The van der Waals surface area contributed by atoms with E-state index in [1.165, 1.54) is 5.56 Å². The molecule has 3 nitrogen and oxygen atoms in total. The molecule has 0 aliphatic heterocycles. The topological polar surface area (TPSA) is 29.9 Å². The third kappa shape index (κ3) is 3.34. The van der Waals surface area contributed by atoms with Gasteiger partial charge in [-0.3, -0.25) is 0 Å². The average molecular weight is 342 g/mol. The van der Waals surface area contributed by atoms with Crippen molar-refractivity contribution in [1.29, 1.82) is 0 Å². The maximum absolute atomic E-state index is 4.40. The van der Waals surface area contributed by atoms with Gasteiger partial charge in [0.15, 0.2) is 0 Å². The van der Waals surface area contributed by atoms with Gasteiger partial charge in [-0.05, 0) is 42.8 Å². The van der Waals surface area contributed by atoms with Crippen LogP contribution >= 0.6 is 15.9 Å². The quantitative estimate of drug-likeness (QED) is 0.754. The van der Waals surface area contributed by atoms with Crippen LogP contribution in [0, 0.1) is 6.92 Å². The number of para-hydroxylation sites is 1. The van der Waals surface area contributed by atoms with E-state index in [4.69, 9.17) is 0 Å². The van der Waals surface area contributed by atoms with Gasteiger partial charge < -0.3 is 5.32 Å². The molecule has 0 atom stereocenters. The second-order valence-electron chi connectivity index (χ2n) is 4.95. The molecule has 0 aliphatic carbocycles. The van der Waals surface area contributed by atoms with Gasteiger partial charge in [-0.25, -0.2) is 4.68 Å². The Morgan fingerprint density at radius 1 is 1.14 bits per heavy atom. The lowest BCUT2D eigenvalue weighted by Crippen LogP contribution is -1.99. The van der Waals surface area contributed by atoms with Crippen LogP contribution in [0.2, 0.25) is 0 Å². The summed E-state index contributed by atoms with van der Waals surface area (Å²) in [7, 11) is 0. The van der Waals surface area contributed by atoms with Crippen molar-refractivity contribution in [2.45, 2.75) is 13.5 Å². The molecule has 0 bridgehead atoms. The maximum Gasteiger partial charge on any atom is 0.0645 e. The highest BCUT2D eigenvalue weighted by molar-refractivity contribution is 9.10. The van der Waals surface area contributed by atoms with Crippen molar-refractivity contribution in [1.82, 2.24) is 9.78 Å². The summed E-state index contributed by atoms with van der Waals surface area (Å²) in [5.74, 6) is 0. The Morgan fingerprint density at radius 3 is 2.71 bits per heavy atom. The van der Waals surface area contributed by atoms with Gasteiger partial charge in [-0.1, -0.05) is 34.1 Å². The number of aryl methyl sites for hydroxylation is 1. The van der Waals surface area contributed by atoms with Crippen molar-refractivity contribution < 1.29 is 0 Å². The number of aromatic nitrogens is 2. The number of hydrogen-bond acceptors (Lipinski definition) is 2. The highest BCUT2D eigenvalue weighted by Crippen LogP contribution is 2.20. The lowest BCUT2D eigenvalue weighted by atomic mass is 10.2. The summed E-state index contributed by atoms with van der Waals surface area (Å²) >= 11 is 3.51. The predicted molar refractivity (Wildman–Crippen MR) is 89.8 cm³/mol. The smallest absolute Gasteiger partial charge is 0.0645 e. The van der Waals surface area contributed by atoms with Crippen LogP contribution in [0.5, 0.6) is 0 Å². The van der Waals surface area contributed by atoms with Crippen molar-refractivity contribution >= 4 is 21.6 Å². The summed E-state index contributed by atoms with van der Waals surface area (Å²) in [6.07, 6.45) is 3.94. The number of nitrogens with one attached hydrogen (secondary N) is 1. The lowest BCUT2D eigenvalue weighted by molar-refractivity contribution is 0.880. The summed E-state index contributed by atoms with van der Waals surface area (Å²) in [6.45, 7) is 2.84. The molecule has 2 aromatic carbocycles. The Hall–Kier alpha value is -2.07. The minimum absolute atomic E-state index is 0.758. The molecule has 0 aliphatic rings. The second kappa shape index (κ2) is 6.14. The minimum Gasteiger partial charge on any atom is -0.381 e. The first-order valence-electron chi connectivity index (χ1n) is 6.81. The van der Waals surface area contributed by atoms with Crippen LogP contribution in [0.3, 0.4) is 0 Å². The molecular weight excluding hydrogens is 326 g/mol. The first-order valence-corrected chi connectivity index (χ1v) is 7.61. The summed E-state index contributed by atoms with van der Waals surface area (Å²) in [5, 5.41) is 7.82. The molecule has 1 N–H and O–H groups in total. The van der Waals surface area contributed by atoms with Gasteiger partial charge in [0.2, 0.25) is 0 Å². The van der Waals surface area contributed by atoms with Gasteiger partial charge in [-0.15, -0.1) is 0 Å². The minimum atomic E-state index is 0.758. The molecule has 0 unspecified atom stereocenters. The zero-order valence-corrected chi connectivity index (χ0v) is 13.3. The van der Waals surface area contributed by atoms with Crippen LogP contribution in [0.15, 0.2) is 65.4 Å². The average Bonchev–Trinajstić information content (AvgIpc) is 2.98. The normalized spacial score (nSPS) is 10.6. The fourth-order valence-electron chi connectivity index (χ4n) is 2.13. The Bertz CT molecular complexity index is 735. The number of anilines is 1. The second-order valence-corrected chi connectivity index (χ2v) is 5.80. The van der Waals surface area contributed by atoms with E-state index in [1.54, 1.807) is 0 Å². The van der Waals surface area contributed by atoms with E-state index in [0.717, 1.165) is 28.0 Å². The Kier molecular flexibility index (Phi) is 4.06. The number of hydrogen-bond donors (Lipinski definition) is 1. The monoisotopic (exact) mass is 341 g/mol. The van der Waals surface area contributed by atoms with Crippen molar-refractivity contribution in [3.05, 3.63) is 76.5 Å². The van der Waals surface area contributed by atoms with Gasteiger partial charge in [0, 0.05) is 28.5 Å². The molecule has 0 saturated heterocycles. The largest absolute Gasteiger partial charge is 0.381 e. The van der Waals surface area contributed by atoms with Crippen LogP contribution in [0.25, 0.3) is 5.69 Å². The lowest BCUT2D eigenvalue weighted by Gasteiger charge is -2.06. The van der Waals surface area contributed by atoms with Crippen LogP contribution in [-0.4, -0.2) is 9.78 Å². The van der Waals surface area contributed by atoms with Crippen LogP contribution in [-0.2, 0) is 6.54 Å². The summed E-state index contributed by atoms with van der Waals surface area (Å²) in [4.78, 5) is 0. The van der Waals surface area contributed by atoms with E-state index in [0.29, 0.717) is 0 Å². The van der Waals surface area contributed by atoms with E-state index in [2.05, 4.69) is 51.5 Å². The van der Waals surface area contributed by atoms with Gasteiger partial charge in [0.25, 0.3) is 0 Å². The number of rotatable bonds is 4. The molecular formula is C17H16BrN3. The molecule has 0 saturated carbocycles. The fourth-order valence-corrected chi connectivity index (χ4v) is 2.38. The molecule has 106 valence electrons. The van der Waals surface area contributed by atoms with Crippen molar-refractivity contribution in [3.63, 3.8) is 0 Å².